The summed E-state index contributed by atoms with van der Waals surface area (Å²) in [6.07, 6.45) is 0.680. The van der Waals surface area contributed by atoms with Crippen LogP contribution >= 0.6 is 0 Å². The van der Waals surface area contributed by atoms with Gasteiger partial charge in [-0.15, -0.1) is 0 Å². The Kier molecular flexibility index (Phi) is 3.41. The quantitative estimate of drug-likeness (QED) is 0.870. The lowest BCUT2D eigenvalue weighted by Crippen LogP contribution is -2.16. The van der Waals surface area contributed by atoms with E-state index in [4.69, 9.17) is 0 Å². The van der Waals surface area contributed by atoms with Gasteiger partial charge in [0.1, 0.15) is 11.6 Å². The van der Waals surface area contributed by atoms with Gasteiger partial charge >= 0.3 is 0 Å². The third-order valence-corrected chi connectivity index (χ3v) is 2.66. The number of nitrogens with one attached hydrogen (secondary N) is 1. The van der Waals surface area contributed by atoms with Crippen LogP contribution in [0.2, 0.25) is 0 Å². The largest absolute Gasteiger partial charge is 0.493 e. The molecule has 5 heteroatoms. The van der Waals surface area contributed by atoms with Gasteiger partial charge < -0.3 is 10.1 Å². The Hall–Kier alpha value is -2.17. The molecule has 1 aromatic carbocycles. The van der Waals surface area contributed by atoms with Crippen LogP contribution in [-0.4, -0.2) is 15.1 Å². The van der Waals surface area contributed by atoms with E-state index >= 15 is 0 Å². The molecule has 0 radical (unpaired) electrons. The molecule has 0 saturated carbocycles. The number of nitrogens with zero attached hydrogens (tertiary/aromatic N) is 1. The third kappa shape index (κ3) is 2.56. The van der Waals surface area contributed by atoms with E-state index in [1.54, 1.807) is 19.1 Å². The fraction of sp³-hybridized carbons (Fsp3) is 0.231. The zero-order chi connectivity index (χ0) is 13.1. The van der Waals surface area contributed by atoms with Gasteiger partial charge in [0.2, 0.25) is 5.88 Å². The molecule has 0 bridgehead atoms. The van der Waals surface area contributed by atoms with Gasteiger partial charge in [-0.3, -0.25) is 4.79 Å². The average Bonchev–Trinajstić information content (AvgIpc) is 2.28. The molecule has 0 saturated heterocycles. The predicted molar refractivity (Wildman–Crippen MR) is 65.1 cm³/mol. The third-order valence-electron chi connectivity index (χ3n) is 2.66. The maximum absolute atomic E-state index is 13.0. The van der Waals surface area contributed by atoms with Crippen molar-refractivity contribution in [3.8, 4) is 5.88 Å². The summed E-state index contributed by atoms with van der Waals surface area (Å²) in [7, 11) is 0. The fourth-order valence-corrected chi connectivity index (χ4v) is 1.77. The molecule has 1 aromatic heterocycles. The molecule has 2 N–H and O–H groups in total. The monoisotopic (exact) mass is 248 g/mol. The Morgan fingerprint density at radius 1 is 1.44 bits per heavy atom. The molecule has 2 aromatic rings. The van der Waals surface area contributed by atoms with E-state index in [9.17, 15) is 14.3 Å². The van der Waals surface area contributed by atoms with Crippen LogP contribution in [0.1, 0.15) is 23.9 Å². The van der Waals surface area contributed by atoms with Crippen LogP contribution in [0.4, 0.5) is 4.39 Å². The molecular weight excluding hydrogens is 235 g/mol. The van der Waals surface area contributed by atoms with Crippen molar-refractivity contribution in [1.82, 2.24) is 9.97 Å². The second-order valence-corrected chi connectivity index (χ2v) is 3.98. The molecular formula is C13H13FN2O2. The molecule has 0 fully saturated rings. The van der Waals surface area contributed by atoms with Crippen LogP contribution in [-0.2, 0) is 12.8 Å². The summed E-state index contributed by atoms with van der Waals surface area (Å²) in [6.45, 7) is 1.76. The van der Waals surface area contributed by atoms with Gasteiger partial charge in [0.25, 0.3) is 5.56 Å². The van der Waals surface area contributed by atoms with Crippen LogP contribution in [0, 0.1) is 5.82 Å². The summed E-state index contributed by atoms with van der Waals surface area (Å²) in [5.41, 5.74) is 0.594. The van der Waals surface area contributed by atoms with Gasteiger partial charge in [-0.2, -0.15) is 4.98 Å². The first kappa shape index (κ1) is 12.3. The van der Waals surface area contributed by atoms with Gasteiger partial charge in [-0.1, -0.05) is 19.1 Å². The highest BCUT2D eigenvalue weighted by Crippen LogP contribution is 2.12. The number of hydrogen-bond acceptors (Lipinski definition) is 3. The maximum Gasteiger partial charge on any atom is 0.257 e. The standard InChI is InChI=1S/C13H13FN2O2/c1-2-10-12(17)15-11(16-13(10)18)7-8-4-3-5-9(14)6-8/h3-6H,2,7H2,1H3,(H2,15,16,17,18). The molecule has 0 aliphatic heterocycles. The van der Waals surface area contributed by atoms with E-state index in [1.165, 1.54) is 12.1 Å². The number of H-pyrrole nitrogens is 1. The van der Waals surface area contributed by atoms with Crippen LogP contribution in [0.15, 0.2) is 29.1 Å². The maximum atomic E-state index is 13.0. The molecule has 0 amide bonds. The van der Waals surface area contributed by atoms with Crippen molar-refractivity contribution >= 4 is 0 Å². The lowest BCUT2D eigenvalue weighted by molar-refractivity contribution is 0.440. The van der Waals surface area contributed by atoms with Gasteiger partial charge in [-0.05, 0) is 24.1 Å². The number of benzene rings is 1. The molecule has 4 nitrogen and oxygen atoms in total. The summed E-state index contributed by atoms with van der Waals surface area (Å²) in [6, 6.07) is 6.03. The number of rotatable bonds is 3. The Labute approximate surface area is 103 Å². The first-order valence-corrected chi connectivity index (χ1v) is 5.65. The fourth-order valence-electron chi connectivity index (χ4n) is 1.77. The van der Waals surface area contributed by atoms with Crippen molar-refractivity contribution in [2.75, 3.05) is 0 Å². The number of aromatic amines is 1. The first-order valence-electron chi connectivity index (χ1n) is 5.65. The van der Waals surface area contributed by atoms with Gasteiger partial charge in [0.15, 0.2) is 0 Å². The number of aromatic nitrogens is 2. The van der Waals surface area contributed by atoms with Crippen LogP contribution in [0.25, 0.3) is 0 Å². The number of halogens is 1. The van der Waals surface area contributed by atoms with Gasteiger partial charge in [0, 0.05) is 6.42 Å². The van der Waals surface area contributed by atoms with E-state index in [-0.39, 0.29) is 29.2 Å². The Bertz CT molecular complexity index is 623. The Balaban J connectivity index is 2.33. The molecule has 2 rings (SSSR count). The summed E-state index contributed by atoms with van der Waals surface area (Å²) in [5.74, 6) is -0.280. The van der Waals surface area contributed by atoms with E-state index in [1.807, 2.05) is 0 Å². The minimum Gasteiger partial charge on any atom is -0.493 e. The summed E-state index contributed by atoms with van der Waals surface area (Å²) >= 11 is 0. The van der Waals surface area contributed by atoms with Crippen molar-refractivity contribution < 1.29 is 9.50 Å². The highest BCUT2D eigenvalue weighted by molar-refractivity contribution is 5.25. The molecule has 0 spiro atoms. The minimum atomic E-state index is -0.351. The van der Waals surface area contributed by atoms with Crippen LogP contribution in [0.5, 0.6) is 5.88 Å². The van der Waals surface area contributed by atoms with E-state index in [0.717, 1.165) is 0 Å². The minimum absolute atomic E-state index is 0.257. The lowest BCUT2D eigenvalue weighted by atomic mass is 10.1. The molecule has 18 heavy (non-hydrogen) atoms. The molecule has 0 aliphatic carbocycles. The van der Waals surface area contributed by atoms with Crippen LogP contribution < -0.4 is 5.56 Å². The lowest BCUT2D eigenvalue weighted by Gasteiger charge is -2.04. The van der Waals surface area contributed by atoms with Crippen molar-refractivity contribution in [3.05, 3.63) is 57.4 Å². The zero-order valence-corrected chi connectivity index (χ0v) is 9.90. The molecule has 0 unspecified atom stereocenters. The first-order chi connectivity index (χ1) is 8.60. The average molecular weight is 248 g/mol. The van der Waals surface area contributed by atoms with Crippen molar-refractivity contribution in [2.45, 2.75) is 19.8 Å². The normalized spacial score (nSPS) is 10.6. The SMILES string of the molecule is CCc1c(O)nc(Cc2cccc(F)c2)[nH]c1=O. The Morgan fingerprint density at radius 3 is 2.83 bits per heavy atom. The highest BCUT2D eigenvalue weighted by atomic mass is 19.1. The highest BCUT2D eigenvalue weighted by Gasteiger charge is 2.09. The molecule has 0 aliphatic rings. The molecule has 94 valence electrons. The smallest absolute Gasteiger partial charge is 0.257 e. The number of hydrogen-bond donors (Lipinski definition) is 2. The molecule has 0 atom stereocenters. The van der Waals surface area contributed by atoms with Crippen molar-refractivity contribution in [3.63, 3.8) is 0 Å². The van der Waals surface area contributed by atoms with Crippen molar-refractivity contribution in [2.24, 2.45) is 0 Å². The van der Waals surface area contributed by atoms with Gasteiger partial charge in [0.05, 0.1) is 5.56 Å². The van der Waals surface area contributed by atoms with E-state index in [0.29, 0.717) is 17.8 Å². The summed E-state index contributed by atoms with van der Waals surface area (Å²) < 4.78 is 13.0. The number of aromatic hydroxyl groups is 1. The molecule has 1 heterocycles. The Morgan fingerprint density at radius 2 is 2.22 bits per heavy atom. The van der Waals surface area contributed by atoms with Crippen LogP contribution in [0.3, 0.4) is 0 Å². The predicted octanol–water partition coefficient (Wildman–Crippen LogP) is 1.77. The summed E-state index contributed by atoms with van der Waals surface area (Å²) in [5, 5.41) is 9.60. The topological polar surface area (TPSA) is 66.0 Å². The van der Waals surface area contributed by atoms with E-state index in [2.05, 4.69) is 9.97 Å². The second-order valence-electron chi connectivity index (χ2n) is 3.98. The van der Waals surface area contributed by atoms with Gasteiger partial charge in [-0.25, -0.2) is 4.39 Å². The zero-order valence-electron chi connectivity index (χ0n) is 9.90. The van der Waals surface area contributed by atoms with Crippen molar-refractivity contribution in [1.29, 1.82) is 0 Å². The summed E-state index contributed by atoms with van der Waals surface area (Å²) in [4.78, 5) is 18.1. The van der Waals surface area contributed by atoms with E-state index < -0.39 is 0 Å². The second kappa shape index (κ2) is 5.00.